The molecule has 2 N–H and O–H groups in total. The van der Waals surface area contributed by atoms with Crippen LogP contribution in [0.15, 0.2) is 24.3 Å². The van der Waals surface area contributed by atoms with E-state index in [1.807, 2.05) is 0 Å². The number of hydrogen-bond donors (Lipinski definition) is 1. The number of para-hydroxylation sites is 1. The normalized spacial score (nSPS) is 18.2. The third-order valence-corrected chi connectivity index (χ3v) is 3.66. The molecule has 1 fully saturated rings. The molecule has 1 unspecified atom stereocenters. The van der Waals surface area contributed by atoms with Gasteiger partial charge in [-0.25, -0.2) is 4.39 Å². The number of benzene rings is 1. The zero-order valence-corrected chi connectivity index (χ0v) is 10.1. The van der Waals surface area contributed by atoms with Crippen LogP contribution < -0.4 is 10.5 Å². The Morgan fingerprint density at radius 2 is 2.00 bits per heavy atom. The lowest BCUT2D eigenvalue weighted by Gasteiger charge is -2.22. The second kappa shape index (κ2) is 6.01. The summed E-state index contributed by atoms with van der Waals surface area (Å²) < 4.78 is 18.9. The van der Waals surface area contributed by atoms with Crippen LogP contribution in [0.2, 0.25) is 0 Å². The summed E-state index contributed by atoms with van der Waals surface area (Å²) in [6.45, 7) is 1.15. The molecule has 0 bridgehead atoms. The van der Waals surface area contributed by atoms with E-state index in [0.29, 0.717) is 30.7 Å². The van der Waals surface area contributed by atoms with E-state index in [4.69, 9.17) is 10.5 Å². The van der Waals surface area contributed by atoms with Crippen LogP contribution in [0.4, 0.5) is 4.39 Å². The first-order valence-corrected chi connectivity index (χ1v) is 6.38. The summed E-state index contributed by atoms with van der Waals surface area (Å²) in [5.41, 5.74) is 5.78. The molecule has 0 amide bonds. The minimum Gasteiger partial charge on any atom is -0.490 e. The van der Waals surface area contributed by atoms with Crippen LogP contribution in [0.25, 0.3) is 0 Å². The Morgan fingerprint density at radius 3 is 2.65 bits per heavy atom. The topological polar surface area (TPSA) is 35.2 Å². The number of ether oxygens (including phenoxy) is 1. The van der Waals surface area contributed by atoms with E-state index in [9.17, 15) is 4.39 Å². The van der Waals surface area contributed by atoms with Crippen molar-refractivity contribution in [1.82, 2.24) is 0 Å². The van der Waals surface area contributed by atoms with Gasteiger partial charge in [0.05, 0.1) is 6.61 Å². The molecule has 0 radical (unpaired) electrons. The molecule has 17 heavy (non-hydrogen) atoms. The Balaban J connectivity index is 1.89. The average Bonchev–Trinajstić information content (AvgIpc) is 2.86. The second-order valence-corrected chi connectivity index (χ2v) is 4.78. The molecule has 1 aliphatic carbocycles. The van der Waals surface area contributed by atoms with Crippen molar-refractivity contribution < 1.29 is 9.13 Å². The highest BCUT2D eigenvalue weighted by Gasteiger charge is 2.24. The first-order chi connectivity index (χ1) is 8.31. The Morgan fingerprint density at radius 1 is 1.29 bits per heavy atom. The van der Waals surface area contributed by atoms with Gasteiger partial charge in [0, 0.05) is 5.92 Å². The van der Waals surface area contributed by atoms with Crippen molar-refractivity contribution in [2.75, 3.05) is 13.2 Å². The van der Waals surface area contributed by atoms with Crippen LogP contribution in [0.1, 0.15) is 25.7 Å². The van der Waals surface area contributed by atoms with Crippen molar-refractivity contribution in [3.05, 3.63) is 30.1 Å². The van der Waals surface area contributed by atoms with Gasteiger partial charge < -0.3 is 10.5 Å². The van der Waals surface area contributed by atoms with E-state index < -0.39 is 0 Å². The number of halogens is 1. The van der Waals surface area contributed by atoms with Crippen molar-refractivity contribution in [2.45, 2.75) is 25.7 Å². The lowest BCUT2D eigenvalue weighted by atomic mass is 9.92. The number of hydrogen-bond acceptors (Lipinski definition) is 2. The number of rotatable bonds is 5. The summed E-state index contributed by atoms with van der Waals surface area (Å²) in [5, 5.41) is 0. The van der Waals surface area contributed by atoms with Crippen molar-refractivity contribution in [1.29, 1.82) is 0 Å². The Labute approximate surface area is 102 Å². The molecule has 2 nitrogen and oxygen atoms in total. The smallest absolute Gasteiger partial charge is 0.165 e. The van der Waals surface area contributed by atoms with Gasteiger partial charge in [-0.2, -0.15) is 0 Å². The minimum absolute atomic E-state index is 0.297. The summed E-state index contributed by atoms with van der Waals surface area (Å²) in [6, 6.07) is 6.53. The quantitative estimate of drug-likeness (QED) is 0.854. The Hall–Kier alpha value is -1.09. The van der Waals surface area contributed by atoms with Crippen LogP contribution in [0, 0.1) is 17.7 Å². The summed E-state index contributed by atoms with van der Waals surface area (Å²) in [6.07, 6.45) is 5.06. The molecule has 0 aliphatic heterocycles. The van der Waals surface area contributed by atoms with Crippen LogP contribution in [-0.4, -0.2) is 13.2 Å². The van der Waals surface area contributed by atoms with Gasteiger partial charge in [-0.05, 0) is 24.6 Å². The van der Waals surface area contributed by atoms with Crippen LogP contribution in [-0.2, 0) is 0 Å². The van der Waals surface area contributed by atoms with Gasteiger partial charge in [-0.15, -0.1) is 0 Å². The molecule has 1 saturated carbocycles. The monoisotopic (exact) mass is 237 g/mol. The lowest BCUT2D eigenvalue weighted by Crippen LogP contribution is -2.27. The van der Waals surface area contributed by atoms with Crippen molar-refractivity contribution in [3.63, 3.8) is 0 Å². The van der Waals surface area contributed by atoms with Crippen molar-refractivity contribution >= 4 is 0 Å². The largest absolute Gasteiger partial charge is 0.490 e. The molecule has 0 spiro atoms. The van der Waals surface area contributed by atoms with Crippen molar-refractivity contribution in [2.24, 2.45) is 17.6 Å². The molecule has 0 heterocycles. The van der Waals surface area contributed by atoms with E-state index in [2.05, 4.69) is 0 Å². The fourth-order valence-corrected chi connectivity index (χ4v) is 2.58. The molecule has 1 atom stereocenters. The predicted molar refractivity (Wildman–Crippen MR) is 66.4 cm³/mol. The molecule has 1 aliphatic rings. The zero-order valence-electron chi connectivity index (χ0n) is 10.1. The van der Waals surface area contributed by atoms with E-state index >= 15 is 0 Å². The second-order valence-electron chi connectivity index (χ2n) is 4.78. The van der Waals surface area contributed by atoms with Gasteiger partial charge in [0.1, 0.15) is 0 Å². The maximum Gasteiger partial charge on any atom is 0.165 e. The molecule has 3 heteroatoms. The van der Waals surface area contributed by atoms with E-state index in [0.717, 1.165) is 0 Å². The maximum absolute atomic E-state index is 13.4. The highest BCUT2D eigenvalue weighted by atomic mass is 19.1. The molecule has 0 saturated heterocycles. The summed E-state index contributed by atoms with van der Waals surface area (Å²) in [5.74, 6) is 1.06. The van der Waals surface area contributed by atoms with E-state index in [1.165, 1.54) is 31.7 Å². The molecule has 1 aromatic carbocycles. The Bertz CT molecular complexity index is 350. The fraction of sp³-hybridized carbons (Fsp3) is 0.571. The van der Waals surface area contributed by atoms with Crippen LogP contribution in [0.3, 0.4) is 0 Å². The van der Waals surface area contributed by atoms with E-state index in [-0.39, 0.29) is 5.82 Å². The first kappa shape index (κ1) is 12.4. The minimum atomic E-state index is -0.297. The van der Waals surface area contributed by atoms with Gasteiger partial charge >= 0.3 is 0 Å². The standard InChI is InChI=1S/C14H20FNO/c15-13-7-3-4-8-14(13)17-10-12(9-16)11-5-1-2-6-11/h3-4,7-8,11-12H,1-2,5-6,9-10,16H2. The molecular weight excluding hydrogens is 217 g/mol. The highest BCUT2D eigenvalue weighted by Crippen LogP contribution is 2.31. The Kier molecular flexibility index (Phi) is 4.37. The molecule has 0 aromatic heterocycles. The predicted octanol–water partition coefficient (Wildman–Crippen LogP) is 2.97. The molecule has 94 valence electrons. The summed E-state index contributed by atoms with van der Waals surface area (Å²) >= 11 is 0. The third-order valence-electron chi connectivity index (χ3n) is 3.66. The van der Waals surface area contributed by atoms with Gasteiger partial charge in [-0.1, -0.05) is 37.8 Å². The SMILES string of the molecule is NCC(COc1ccccc1F)C1CCCC1. The van der Waals surface area contributed by atoms with Gasteiger partial charge in [0.2, 0.25) is 0 Å². The lowest BCUT2D eigenvalue weighted by molar-refractivity contribution is 0.194. The van der Waals surface area contributed by atoms with Crippen molar-refractivity contribution in [3.8, 4) is 5.75 Å². The zero-order chi connectivity index (χ0) is 12.1. The average molecular weight is 237 g/mol. The maximum atomic E-state index is 13.4. The van der Waals surface area contributed by atoms with Crippen LogP contribution >= 0.6 is 0 Å². The summed E-state index contributed by atoms with van der Waals surface area (Å²) in [4.78, 5) is 0. The summed E-state index contributed by atoms with van der Waals surface area (Å²) in [7, 11) is 0. The van der Waals surface area contributed by atoms with Gasteiger partial charge in [0.25, 0.3) is 0 Å². The van der Waals surface area contributed by atoms with E-state index in [1.54, 1.807) is 18.2 Å². The first-order valence-electron chi connectivity index (χ1n) is 6.38. The fourth-order valence-electron chi connectivity index (χ4n) is 2.58. The molecular formula is C14H20FNO. The van der Waals surface area contributed by atoms with Gasteiger partial charge in [0.15, 0.2) is 11.6 Å². The highest BCUT2D eigenvalue weighted by molar-refractivity contribution is 5.23. The molecule has 2 rings (SSSR count). The van der Waals surface area contributed by atoms with Gasteiger partial charge in [-0.3, -0.25) is 0 Å². The molecule has 1 aromatic rings. The third kappa shape index (κ3) is 3.19. The van der Waals surface area contributed by atoms with Crippen LogP contribution in [0.5, 0.6) is 5.75 Å². The number of nitrogens with two attached hydrogens (primary N) is 1.